The molecule has 0 aliphatic heterocycles. The Kier molecular flexibility index (Phi) is 8.32. The molecule has 6 heteroatoms. The lowest BCUT2D eigenvalue weighted by Crippen LogP contribution is -3.11. The van der Waals surface area contributed by atoms with Crippen LogP contribution in [0.3, 0.4) is 0 Å². The summed E-state index contributed by atoms with van der Waals surface area (Å²) in [6.45, 7) is 8.07. The van der Waals surface area contributed by atoms with Gasteiger partial charge in [-0.25, -0.2) is 0 Å². The number of benzene rings is 1. The molecule has 2 rings (SSSR count). The molecular weight excluding hydrogens is 340 g/mol. The van der Waals surface area contributed by atoms with Gasteiger partial charge in [-0.3, -0.25) is 9.59 Å². The largest absolute Gasteiger partial charge is 0.362 e. The number of carbonyl (C=O) groups excluding carboxylic acids is 2. The summed E-state index contributed by atoms with van der Waals surface area (Å²) < 4.78 is 0. The molecule has 144 valence electrons. The predicted molar refractivity (Wildman–Crippen MR) is 107 cm³/mol. The summed E-state index contributed by atoms with van der Waals surface area (Å²) in [5.74, 6) is -0.598. The number of amides is 2. The minimum absolute atomic E-state index is 0.224. The first-order chi connectivity index (χ1) is 13.1. The third-order valence-electron chi connectivity index (χ3n) is 4.44. The smallest absolute Gasteiger partial charge is 0.267 e. The molecule has 0 saturated carbocycles. The van der Waals surface area contributed by atoms with Crippen molar-refractivity contribution < 1.29 is 14.5 Å². The second-order valence-corrected chi connectivity index (χ2v) is 6.32. The molecule has 4 N–H and O–H groups in total. The van der Waals surface area contributed by atoms with Crippen LogP contribution in [-0.4, -0.2) is 43.0 Å². The summed E-state index contributed by atoms with van der Waals surface area (Å²) in [5, 5.41) is 5.63. The van der Waals surface area contributed by atoms with E-state index in [1.54, 1.807) is 36.5 Å². The van der Waals surface area contributed by atoms with Crippen molar-refractivity contribution >= 4 is 17.9 Å². The van der Waals surface area contributed by atoms with Gasteiger partial charge < -0.3 is 20.5 Å². The number of carbonyl (C=O) groups is 2. The number of hydrogen-bond acceptors (Lipinski definition) is 2. The molecule has 0 aliphatic rings. The topological polar surface area (TPSA) is 78.4 Å². The Bertz CT molecular complexity index is 735. The Morgan fingerprint density at radius 2 is 1.81 bits per heavy atom. The summed E-state index contributed by atoms with van der Waals surface area (Å²) in [5.41, 5.74) is 1.48. The quantitative estimate of drug-likeness (QED) is 0.375. The van der Waals surface area contributed by atoms with E-state index in [1.807, 2.05) is 18.2 Å². The molecule has 0 aliphatic carbocycles. The van der Waals surface area contributed by atoms with Gasteiger partial charge in [0.25, 0.3) is 11.8 Å². The molecule has 1 aromatic carbocycles. The lowest BCUT2D eigenvalue weighted by molar-refractivity contribution is -0.896. The summed E-state index contributed by atoms with van der Waals surface area (Å²) in [6.07, 6.45) is 4.31. The van der Waals surface area contributed by atoms with Gasteiger partial charge in [-0.1, -0.05) is 18.2 Å². The first-order valence-electron chi connectivity index (χ1n) is 9.47. The van der Waals surface area contributed by atoms with E-state index in [0.717, 1.165) is 31.7 Å². The van der Waals surface area contributed by atoms with Crippen molar-refractivity contribution in [2.45, 2.75) is 20.3 Å². The third kappa shape index (κ3) is 6.75. The average molecular weight is 369 g/mol. The third-order valence-corrected chi connectivity index (χ3v) is 4.44. The Hall–Kier alpha value is -2.86. The maximum atomic E-state index is 12.6. The second kappa shape index (κ2) is 11.0. The molecule has 0 radical (unpaired) electrons. The van der Waals surface area contributed by atoms with Crippen LogP contribution >= 0.6 is 0 Å². The van der Waals surface area contributed by atoms with Crippen molar-refractivity contribution in [1.29, 1.82) is 0 Å². The molecule has 0 atom stereocenters. The fraction of sp³-hybridized carbons (Fsp3) is 0.333. The molecule has 2 amide bonds. The van der Waals surface area contributed by atoms with Gasteiger partial charge in [0.1, 0.15) is 5.70 Å². The van der Waals surface area contributed by atoms with Gasteiger partial charge in [0.2, 0.25) is 0 Å². The summed E-state index contributed by atoms with van der Waals surface area (Å²) in [6, 6.07) is 12.5. The lowest BCUT2D eigenvalue weighted by Gasteiger charge is -2.15. The second-order valence-electron chi connectivity index (χ2n) is 6.32. The number of H-pyrrole nitrogens is 1. The van der Waals surface area contributed by atoms with Crippen molar-refractivity contribution in [2.24, 2.45) is 0 Å². The van der Waals surface area contributed by atoms with E-state index < -0.39 is 0 Å². The lowest BCUT2D eigenvalue weighted by atomic mass is 10.2. The molecule has 1 heterocycles. The van der Waals surface area contributed by atoms with Crippen LogP contribution < -0.4 is 15.5 Å². The fourth-order valence-corrected chi connectivity index (χ4v) is 2.77. The number of aromatic nitrogens is 1. The standard InChI is InChI=1S/C21H28N4O2/c1-3-25(4-2)15-9-14-23-21(27)19(16-18-12-8-13-22-18)24-20(26)17-10-6-5-7-11-17/h5-8,10-13,16,22H,3-4,9,14-15H2,1-2H3,(H,23,27)(H,24,26)/p+1/b19-16-. The number of rotatable bonds is 10. The van der Waals surface area contributed by atoms with E-state index in [9.17, 15) is 9.59 Å². The van der Waals surface area contributed by atoms with Crippen molar-refractivity contribution in [3.63, 3.8) is 0 Å². The highest BCUT2D eigenvalue weighted by atomic mass is 16.2. The van der Waals surface area contributed by atoms with E-state index in [2.05, 4.69) is 29.5 Å². The van der Waals surface area contributed by atoms with E-state index in [-0.39, 0.29) is 17.5 Å². The van der Waals surface area contributed by atoms with E-state index in [4.69, 9.17) is 0 Å². The van der Waals surface area contributed by atoms with Gasteiger partial charge in [-0.05, 0) is 44.2 Å². The number of hydrogen-bond donors (Lipinski definition) is 4. The molecule has 27 heavy (non-hydrogen) atoms. The summed E-state index contributed by atoms with van der Waals surface area (Å²) in [7, 11) is 0. The van der Waals surface area contributed by atoms with Crippen LogP contribution in [0, 0.1) is 0 Å². The number of quaternary nitrogens is 1. The van der Waals surface area contributed by atoms with Gasteiger partial charge in [0.15, 0.2) is 0 Å². The zero-order chi connectivity index (χ0) is 19.5. The highest BCUT2D eigenvalue weighted by molar-refractivity contribution is 6.05. The predicted octanol–water partition coefficient (Wildman–Crippen LogP) is 1.22. The summed E-state index contributed by atoms with van der Waals surface area (Å²) in [4.78, 5) is 29.6. The summed E-state index contributed by atoms with van der Waals surface area (Å²) >= 11 is 0. The van der Waals surface area contributed by atoms with Crippen molar-refractivity contribution in [1.82, 2.24) is 15.6 Å². The number of nitrogens with one attached hydrogen (secondary N) is 4. The minimum Gasteiger partial charge on any atom is -0.362 e. The van der Waals surface area contributed by atoms with Crippen LogP contribution in [0.5, 0.6) is 0 Å². The molecule has 0 fully saturated rings. The molecule has 6 nitrogen and oxygen atoms in total. The van der Waals surface area contributed by atoms with Crippen LogP contribution in [0.1, 0.15) is 36.3 Å². The van der Waals surface area contributed by atoms with Crippen LogP contribution in [0.4, 0.5) is 0 Å². The Balaban J connectivity index is 2.00. The molecule has 0 spiro atoms. The van der Waals surface area contributed by atoms with Crippen molar-refractivity contribution in [3.8, 4) is 0 Å². The van der Waals surface area contributed by atoms with Crippen LogP contribution in [0.2, 0.25) is 0 Å². The fourth-order valence-electron chi connectivity index (χ4n) is 2.77. The van der Waals surface area contributed by atoms with Crippen LogP contribution in [-0.2, 0) is 4.79 Å². The highest BCUT2D eigenvalue weighted by Gasteiger charge is 2.14. The van der Waals surface area contributed by atoms with Gasteiger partial charge in [-0.2, -0.15) is 0 Å². The Morgan fingerprint density at radius 3 is 2.44 bits per heavy atom. The zero-order valence-corrected chi connectivity index (χ0v) is 16.0. The highest BCUT2D eigenvalue weighted by Crippen LogP contribution is 2.05. The van der Waals surface area contributed by atoms with E-state index >= 15 is 0 Å². The molecule has 0 bridgehead atoms. The molecular formula is C21H29N4O2+. The normalized spacial score (nSPS) is 11.4. The zero-order valence-electron chi connectivity index (χ0n) is 16.0. The molecule has 0 unspecified atom stereocenters. The van der Waals surface area contributed by atoms with Gasteiger partial charge in [-0.15, -0.1) is 0 Å². The van der Waals surface area contributed by atoms with Crippen molar-refractivity contribution in [2.75, 3.05) is 26.2 Å². The SMILES string of the molecule is CC[NH+](CC)CCCNC(=O)/C(=C/c1ccc[nH]1)NC(=O)c1ccccc1. The number of aromatic amines is 1. The van der Waals surface area contributed by atoms with Crippen LogP contribution in [0.15, 0.2) is 54.4 Å². The Morgan fingerprint density at radius 1 is 1.07 bits per heavy atom. The van der Waals surface area contributed by atoms with E-state index in [1.165, 1.54) is 4.90 Å². The van der Waals surface area contributed by atoms with Gasteiger partial charge in [0.05, 0.1) is 19.6 Å². The van der Waals surface area contributed by atoms with Crippen LogP contribution in [0.25, 0.3) is 6.08 Å². The first-order valence-corrected chi connectivity index (χ1v) is 9.47. The minimum atomic E-state index is -0.309. The van der Waals surface area contributed by atoms with E-state index in [0.29, 0.717) is 12.1 Å². The molecule has 0 saturated heterocycles. The molecule has 2 aromatic rings. The maximum absolute atomic E-state index is 12.6. The monoisotopic (exact) mass is 369 g/mol. The van der Waals surface area contributed by atoms with Gasteiger partial charge >= 0.3 is 0 Å². The Labute approximate surface area is 160 Å². The van der Waals surface area contributed by atoms with Crippen molar-refractivity contribution in [3.05, 3.63) is 65.6 Å². The maximum Gasteiger partial charge on any atom is 0.267 e. The molecule has 1 aromatic heterocycles. The van der Waals surface area contributed by atoms with Gasteiger partial charge in [0, 0.05) is 30.4 Å². The average Bonchev–Trinajstić information content (AvgIpc) is 3.21. The first kappa shape index (κ1) is 20.5.